The number of anilines is 1. The molecule has 13 heteroatoms. The van der Waals surface area contributed by atoms with E-state index in [1.165, 1.54) is 24.5 Å². The van der Waals surface area contributed by atoms with Crippen LogP contribution in [-0.2, 0) is 14.8 Å². The third-order valence-electron chi connectivity index (χ3n) is 9.10. The fraction of sp³-hybridized carbons (Fsp3) is 0.645. The zero-order valence-electron chi connectivity index (χ0n) is 26.2. The number of piperidine rings is 1. The molecule has 1 spiro atoms. The van der Waals surface area contributed by atoms with Gasteiger partial charge in [-0.05, 0) is 84.7 Å². The van der Waals surface area contributed by atoms with Crippen LogP contribution in [0.1, 0.15) is 63.7 Å². The Morgan fingerprint density at radius 2 is 1.95 bits per heavy atom. The second-order valence-corrected chi connectivity index (χ2v) is 14.6. The maximum atomic E-state index is 14.2. The molecule has 242 valence electrons. The Morgan fingerprint density at radius 3 is 2.59 bits per heavy atom. The average molecular weight is 633 g/mol. The lowest BCUT2D eigenvalue weighted by atomic mass is 9.72. The van der Waals surface area contributed by atoms with Crippen LogP contribution in [0, 0.1) is 11.2 Å². The number of amides is 1. The molecule has 5 rings (SSSR count). The van der Waals surface area contributed by atoms with E-state index in [2.05, 4.69) is 24.5 Å². The third kappa shape index (κ3) is 7.49. The molecule has 1 amide bonds. The number of carbonyl (C=O) groups excluding carboxylic acids is 1. The van der Waals surface area contributed by atoms with Gasteiger partial charge < -0.3 is 24.2 Å². The van der Waals surface area contributed by atoms with Gasteiger partial charge in [0.25, 0.3) is 5.91 Å². The van der Waals surface area contributed by atoms with Crippen molar-refractivity contribution in [3.05, 3.63) is 42.1 Å². The van der Waals surface area contributed by atoms with Crippen molar-refractivity contribution in [3.8, 4) is 11.5 Å². The van der Waals surface area contributed by atoms with Crippen molar-refractivity contribution in [2.75, 3.05) is 56.5 Å². The van der Waals surface area contributed by atoms with E-state index in [4.69, 9.17) is 9.47 Å². The van der Waals surface area contributed by atoms with Gasteiger partial charge in [0.15, 0.2) is 11.6 Å². The number of halogens is 1. The number of hydrogen-bond donors (Lipinski definition) is 1. The number of benzene rings is 1. The second-order valence-electron chi connectivity index (χ2n) is 12.5. The van der Waals surface area contributed by atoms with Gasteiger partial charge in [-0.15, -0.1) is 0 Å². The zero-order valence-corrected chi connectivity index (χ0v) is 27.0. The molecule has 3 aliphatic rings. The first-order valence-electron chi connectivity index (χ1n) is 15.7. The lowest BCUT2D eigenvalue weighted by molar-refractivity contribution is -0.0299. The summed E-state index contributed by atoms with van der Waals surface area (Å²) in [4.78, 5) is 28.3. The fourth-order valence-electron chi connectivity index (χ4n) is 6.50. The molecule has 0 saturated carbocycles. The third-order valence-corrected chi connectivity index (χ3v) is 10.6. The highest BCUT2D eigenvalue weighted by molar-refractivity contribution is 7.89. The molecule has 1 aromatic carbocycles. The van der Waals surface area contributed by atoms with Crippen molar-refractivity contribution in [3.63, 3.8) is 0 Å². The molecule has 3 aliphatic heterocycles. The summed E-state index contributed by atoms with van der Waals surface area (Å²) in [7, 11) is -3.22. The molecule has 3 fully saturated rings. The van der Waals surface area contributed by atoms with E-state index >= 15 is 0 Å². The molecule has 1 aromatic heterocycles. The van der Waals surface area contributed by atoms with Crippen LogP contribution in [0.4, 0.5) is 10.2 Å². The SMILES string of the molecule is CCN(C(=O)c1cc(F)ccc1Oc1cncnc1N1CC2(CCN(C[C@@H]3CC[C@@H](NS(=O)(=O)CC)CO3)CC2)C1)C(C)C. The average Bonchev–Trinajstić information content (AvgIpc) is 2.99. The Labute approximate surface area is 260 Å². The highest BCUT2D eigenvalue weighted by Crippen LogP contribution is 2.45. The summed E-state index contributed by atoms with van der Waals surface area (Å²) in [6.07, 6.45) is 6.98. The summed E-state index contributed by atoms with van der Waals surface area (Å²) < 4.78 is 52.9. The number of carbonyl (C=O) groups is 1. The van der Waals surface area contributed by atoms with E-state index in [1.807, 2.05) is 20.8 Å². The quantitative estimate of drug-likeness (QED) is 0.396. The van der Waals surface area contributed by atoms with Gasteiger partial charge in [-0.25, -0.2) is 27.5 Å². The first-order chi connectivity index (χ1) is 21.0. The Kier molecular flexibility index (Phi) is 10.1. The molecule has 44 heavy (non-hydrogen) atoms. The Balaban J connectivity index is 1.16. The molecular weight excluding hydrogens is 587 g/mol. The zero-order chi connectivity index (χ0) is 31.5. The van der Waals surface area contributed by atoms with Gasteiger partial charge in [0.2, 0.25) is 10.0 Å². The monoisotopic (exact) mass is 632 g/mol. The van der Waals surface area contributed by atoms with Crippen LogP contribution in [0.15, 0.2) is 30.7 Å². The van der Waals surface area contributed by atoms with Crippen molar-refractivity contribution in [1.29, 1.82) is 0 Å². The number of nitrogens with one attached hydrogen (secondary N) is 1. The maximum Gasteiger partial charge on any atom is 0.257 e. The van der Waals surface area contributed by atoms with E-state index in [-0.39, 0.29) is 46.6 Å². The van der Waals surface area contributed by atoms with Crippen LogP contribution in [0.2, 0.25) is 0 Å². The number of nitrogens with zero attached hydrogens (tertiary/aromatic N) is 5. The summed E-state index contributed by atoms with van der Waals surface area (Å²) in [5.41, 5.74) is 0.369. The first kappa shape index (κ1) is 32.5. The van der Waals surface area contributed by atoms with Crippen molar-refractivity contribution in [2.45, 2.75) is 71.6 Å². The van der Waals surface area contributed by atoms with Gasteiger partial charge in [-0.2, -0.15) is 0 Å². The van der Waals surface area contributed by atoms with Gasteiger partial charge >= 0.3 is 0 Å². The van der Waals surface area contributed by atoms with Crippen LogP contribution < -0.4 is 14.4 Å². The van der Waals surface area contributed by atoms with Crippen LogP contribution in [0.5, 0.6) is 11.5 Å². The van der Waals surface area contributed by atoms with E-state index in [0.717, 1.165) is 58.4 Å². The van der Waals surface area contributed by atoms with E-state index in [9.17, 15) is 17.6 Å². The Bertz CT molecular complexity index is 1400. The van der Waals surface area contributed by atoms with Crippen molar-refractivity contribution < 1.29 is 27.1 Å². The molecule has 0 aliphatic carbocycles. The number of rotatable bonds is 11. The minimum atomic E-state index is -3.22. The summed E-state index contributed by atoms with van der Waals surface area (Å²) in [5.74, 6) is 0.661. The number of likely N-dealkylation sites (tertiary alicyclic amines) is 1. The molecule has 0 bridgehead atoms. The standard InChI is InChI=1S/C31H45FN6O5S/c1-5-38(22(3)4)30(39)26-15-23(32)7-10-27(26)43-28-16-33-21-34-29(28)37-19-31(20-37)11-13-36(14-12-31)17-25-9-8-24(18-42-25)35-44(40,41)6-2/h7,10,15-16,21-22,24-25,35H,5-6,8-9,11-14,17-20H2,1-4H3/t24-,25+/m1/s1. The maximum absolute atomic E-state index is 14.2. The molecular formula is C31H45FN6O5S. The smallest absolute Gasteiger partial charge is 0.257 e. The number of aromatic nitrogens is 2. The lowest BCUT2D eigenvalue weighted by Crippen LogP contribution is -2.61. The van der Waals surface area contributed by atoms with E-state index in [1.54, 1.807) is 18.0 Å². The van der Waals surface area contributed by atoms with E-state index in [0.29, 0.717) is 24.7 Å². The van der Waals surface area contributed by atoms with Crippen molar-refractivity contribution in [1.82, 2.24) is 24.5 Å². The summed E-state index contributed by atoms with van der Waals surface area (Å²) >= 11 is 0. The minimum absolute atomic E-state index is 0.0422. The van der Waals surface area contributed by atoms with Crippen molar-refractivity contribution in [2.24, 2.45) is 5.41 Å². The predicted molar refractivity (Wildman–Crippen MR) is 166 cm³/mol. The Hall–Kier alpha value is -2.87. The number of sulfonamides is 1. The second kappa shape index (κ2) is 13.6. The highest BCUT2D eigenvalue weighted by atomic mass is 32.2. The Morgan fingerprint density at radius 1 is 1.20 bits per heavy atom. The van der Waals surface area contributed by atoms with Crippen LogP contribution in [0.25, 0.3) is 0 Å². The van der Waals surface area contributed by atoms with Crippen LogP contribution in [0.3, 0.4) is 0 Å². The molecule has 4 heterocycles. The summed E-state index contributed by atoms with van der Waals surface area (Å²) in [5, 5.41) is 0. The van der Waals surface area contributed by atoms with Gasteiger partial charge in [0.1, 0.15) is 17.9 Å². The summed E-state index contributed by atoms with van der Waals surface area (Å²) in [6, 6.07) is 3.82. The van der Waals surface area contributed by atoms with Crippen molar-refractivity contribution >= 4 is 21.7 Å². The molecule has 1 N–H and O–H groups in total. The van der Waals surface area contributed by atoms with Gasteiger partial charge in [0.05, 0.1) is 30.2 Å². The lowest BCUT2D eigenvalue weighted by Gasteiger charge is -2.54. The number of hydrogen-bond acceptors (Lipinski definition) is 9. The molecule has 11 nitrogen and oxygen atoms in total. The fourth-order valence-corrected chi connectivity index (χ4v) is 7.36. The first-order valence-corrected chi connectivity index (χ1v) is 17.3. The predicted octanol–water partition coefficient (Wildman–Crippen LogP) is 3.67. The highest BCUT2D eigenvalue weighted by Gasteiger charge is 2.46. The van der Waals surface area contributed by atoms with Gasteiger partial charge in [0, 0.05) is 43.7 Å². The summed E-state index contributed by atoms with van der Waals surface area (Å²) in [6.45, 7) is 12.8. The van der Waals surface area contributed by atoms with E-state index < -0.39 is 15.8 Å². The minimum Gasteiger partial charge on any atom is -0.451 e. The normalized spacial score (nSPS) is 22.2. The topological polar surface area (TPSA) is 117 Å². The molecule has 0 unspecified atom stereocenters. The van der Waals surface area contributed by atoms with Crippen LogP contribution >= 0.6 is 0 Å². The van der Waals surface area contributed by atoms with Crippen LogP contribution in [-0.4, -0.2) is 104 Å². The largest absolute Gasteiger partial charge is 0.451 e. The number of ether oxygens (including phenoxy) is 2. The van der Waals surface area contributed by atoms with Gasteiger partial charge in [-0.3, -0.25) is 4.79 Å². The molecule has 2 atom stereocenters. The molecule has 3 saturated heterocycles. The molecule has 0 radical (unpaired) electrons. The van der Waals surface area contributed by atoms with Gasteiger partial charge in [-0.1, -0.05) is 0 Å². The molecule has 2 aromatic rings.